The van der Waals surface area contributed by atoms with Crippen molar-refractivity contribution in [2.45, 2.75) is 17.4 Å². The van der Waals surface area contributed by atoms with E-state index in [0.29, 0.717) is 24.4 Å². The zero-order valence-corrected chi connectivity index (χ0v) is 16.6. The molecule has 2 heterocycles. The highest BCUT2D eigenvalue weighted by atomic mass is 32.2. The molecular weight excluding hydrogens is 417 g/mol. The highest BCUT2D eigenvalue weighted by Gasteiger charge is 2.34. The summed E-state index contributed by atoms with van der Waals surface area (Å²) in [4.78, 5) is 18.2. The van der Waals surface area contributed by atoms with E-state index in [1.165, 1.54) is 53.9 Å². The van der Waals surface area contributed by atoms with Crippen molar-refractivity contribution < 1.29 is 23.8 Å². The van der Waals surface area contributed by atoms with Gasteiger partial charge in [-0.3, -0.25) is 9.52 Å². The second-order valence-corrected chi connectivity index (χ2v) is 8.85. The van der Waals surface area contributed by atoms with Gasteiger partial charge in [0.2, 0.25) is 0 Å². The molecule has 1 amide bonds. The van der Waals surface area contributed by atoms with Crippen LogP contribution in [0.25, 0.3) is 0 Å². The topological polar surface area (TPSA) is 88.6 Å². The van der Waals surface area contributed by atoms with Gasteiger partial charge in [-0.15, -0.1) is 11.3 Å². The Bertz CT molecular complexity index is 1110. The van der Waals surface area contributed by atoms with E-state index in [1.807, 2.05) is 0 Å². The van der Waals surface area contributed by atoms with E-state index in [2.05, 4.69) is 9.71 Å². The first-order valence-electron chi connectivity index (χ1n) is 8.68. The summed E-state index contributed by atoms with van der Waals surface area (Å²) in [5, 5.41) is 1.95. The Morgan fingerprint density at radius 2 is 1.90 bits per heavy atom. The van der Waals surface area contributed by atoms with Crippen molar-refractivity contribution in [2.75, 3.05) is 16.2 Å². The molecule has 10 heteroatoms. The predicted octanol–water partition coefficient (Wildman–Crippen LogP) is 3.51. The fraction of sp³-hybridized carbons (Fsp3) is 0.158. The Hall–Kier alpha value is -2.98. The van der Waals surface area contributed by atoms with Crippen LogP contribution in [0.1, 0.15) is 7.85 Å². The van der Waals surface area contributed by atoms with Crippen LogP contribution in [0.2, 0.25) is 0 Å². The zero-order valence-electron chi connectivity index (χ0n) is 15.0. The average molecular weight is 436 g/mol. The SMILES string of the molecule is O=C1C(Oc2ccc(F)cc2)CCN1c1ccc(S(=O)(=O)Nc2nccs2)cc1.[HH]. The van der Waals surface area contributed by atoms with Gasteiger partial charge in [-0.1, -0.05) is 0 Å². The van der Waals surface area contributed by atoms with E-state index < -0.39 is 16.1 Å². The highest BCUT2D eigenvalue weighted by Crippen LogP contribution is 2.27. The molecule has 1 aromatic heterocycles. The molecular formula is C19H18FN3O4S2. The van der Waals surface area contributed by atoms with Gasteiger partial charge in [0.15, 0.2) is 11.2 Å². The number of ether oxygens (including phenoxy) is 1. The first-order chi connectivity index (χ1) is 13.9. The van der Waals surface area contributed by atoms with Gasteiger partial charge >= 0.3 is 0 Å². The molecule has 0 aliphatic carbocycles. The molecule has 1 saturated heterocycles. The Morgan fingerprint density at radius 1 is 1.17 bits per heavy atom. The number of aromatic nitrogens is 1. The van der Waals surface area contributed by atoms with Crippen molar-refractivity contribution >= 4 is 38.1 Å². The smallest absolute Gasteiger partial charge is 0.268 e. The number of nitrogens with zero attached hydrogens (tertiary/aromatic N) is 2. The van der Waals surface area contributed by atoms with Gasteiger partial charge in [0.25, 0.3) is 15.9 Å². The lowest BCUT2D eigenvalue weighted by Gasteiger charge is -2.18. The molecule has 0 spiro atoms. The van der Waals surface area contributed by atoms with Crippen molar-refractivity contribution in [3.8, 4) is 5.75 Å². The Balaban J connectivity index is 0.00000256. The van der Waals surface area contributed by atoms with Gasteiger partial charge in [-0.05, 0) is 48.5 Å². The number of halogens is 1. The van der Waals surface area contributed by atoms with E-state index in [4.69, 9.17) is 4.74 Å². The fourth-order valence-corrected chi connectivity index (χ4v) is 4.74. The highest BCUT2D eigenvalue weighted by molar-refractivity contribution is 7.93. The third kappa shape index (κ3) is 4.22. The van der Waals surface area contributed by atoms with E-state index in [9.17, 15) is 17.6 Å². The lowest BCUT2D eigenvalue weighted by atomic mass is 10.3. The minimum atomic E-state index is -3.75. The number of benzene rings is 2. The largest absolute Gasteiger partial charge is 0.481 e. The maximum absolute atomic E-state index is 13.0. The lowest BCUT2D eigenvalue weighted by Crippen LogP contribution is -2.32. The standard InChI is InChI=1S/C19H16FN3O4S2.H2/c20-13-1-5-15(6-2-13)27-17-9-11-23(18(17)24)14-3-7-16(8-4-14)29(25,26)22-19-21-10-12-28-19;/h1-8,10,12,17H,9,11H2,(H,21,22);1H. The van der Waals surface area contributed by atoms with Gasteiger partial charge in [0.05, 0.1) is 4.90 Å². The van der Waals surface area contributed by atoms with Crippen LogP contribution in [0.4, 0.5) is 15.2 Å². The number of carbonyl (C=O) groups excluding carboxylic acids is 1. The van der Waals surface area contributed by atoms with Crippen LogP contribution >= 0.6 is 11.3 Å². The number of hydrogen-bond donors (Lipinski definition) is 1. The molecule has 2 aromatic carbocycles. The van der Waals surface area contributed by atoms with Crippen LogP contribution in [0.5, 0.6) is 5.75 Å². The Labute approximate surface area is 172 Å². The van der Waals surface area contributed by atoms with Gasteiger partial charge in [-0.2, -0.15) is 0 Å². The minimum absolute atomic E-state index is 0. The monoisotopic (exact) mass is 435 g/mol. The maximum atomic E-state index is 13.0. The molecule has 152 valence electrons. The molecule has 1 atom stereocenters. The Kier molecular flexibility index (Phi) is 5.20. The summed E-state index contributed by atoms with van der Waals surface area (Å²) in [6.45, 7) is 0.439. The summed E-state index contributed by atoms with van der Waals surface area (Å²) in [5.41, 5.74) is 0.577. The van der Waals surface area contributed by atoms with Crippen molar-refractivity contribution in [1.29, 1.82) is 0 Å². The molecule has 0 radical (unpaired) electrons. The zero-order chi connectivity index (χ0) is 20.4. The van der Waals surface area contributed by atoms with E-state index in [-0.39, 0.29) is 23.2 Å². The van der Waals surface area contributed by atoms with Gasteiger partial charge < -0.3 is 9.64 Å². The summed E-state index contributed by atoms with van der Waals surface area (Å²) in [6.07, 6.45) is 1.31. The van der Waals surface area contributed by atoms with E-state index in [0.717, 1.165) is 0 Å². The number of anilines is 2. The number of carbonyl (C=O) groups is 1. The summed E-state index contributed by atoms with van der Waals surface area (Å²) in [7, 11) is -3.75. The average Bonchev–Trinajstić information content (AvgIpc) is 3.34. The molecule has 7 nitrogen and oxygen atoms in total. The molecule has 1 fully saturated rings. The lowest BCUT2D eigenvalue weighted by molar-refractivity contribution is -0.122. The molecule has 3 aromatic rings. The predicted molar refractivity (Wildman–Crippen MR) is 109 cm³/mol. The molecule has 0 bridgehead atoms. The Morgan fingerprint density at radius 3 is 2.55 bits per heavy atom. The van der Waals surface area contributed by atoms with Gasteiger partial charge in [0, 0.05) is 31.7 Å². The van der Waals surface area contributed by atoms with Crippen LogP contribution in [0, 0.1) is 5.82 Å². The summed E-state index contributed by atoms with van der Waals surface area (Å²) in [5.74, 6) is -0.191. The van der Waals surface area contributed by atoms with Crippen molar-refractivity contribution in [2.24, 2.45) is 0 Å². The van der Waals surface area contributed by atoms with Gasteiger partial charge in [-0.25, -0.2) is 17.8 Å². The van der Waals surface area contributed by atoms with Crippen LogP contribution < -0.4 is 14.4 Å². The number of amides is 1. The van der Waals surface area contributed by atoms with Crippen LogP contribution in [-0.4, -0.2) is 32.0 Å². The minimum Gasteiger partial charge on any atom is -0.481 e. The quantitative estimate of drug-likeness (QED) is 0.640. The molecule has 1 unspecified atom stereocenters. The molecule has 1 N–H and O–H groups in total. The van der Waals surface area contributed by atoms with Crippen molar-refractivity contribution in [3.63, 3.8) is 0 Å². The summed E-state index contributed by atoms with van der Waals surface area (Å²) < 4.78 is 45.9. The molecule has 29 heavy (non-hydrogen) atoms. The second kappa shape index (κ2) is 7.80. The number of thiazole rings is 1. The molecule has 0 saturated carbocycles. The van der Waals surface area contributed by atoms with Gasteiger partial charge in [0.1, 0.15) is 11.6 Å². The second-order valence-electron chi connectivity index (χ2n) is 6.28. The van der Waals surface area contributed by atoms with Crippen LogP contribution in [0.15, 0.2) is 65.0 Å². The maximum Gasteiger partial charge on any atom is 0.268 e. The third-order valence-electron chi connectivity index (χ3n) is 4.36. The normalized spacial score (nSPS) is 16.8. The fourth-order valence-electron chi connectivity index (χ4n) is 2.95. The first-order valence-corrected chi connectivity index (χ1v) is 11.0. The summed E-state index contributed by atoms with van der Waals surface area (Å²) in [6, 6.07) is 11.5. The molecule has 1 aliphatic rings. The third-order valence-corrected chi connectivity index (χ3v) is 6.53. The van der Waals surface area contributed by atoms with Crippen molar-refractivity contribution in [3.05, 3.63) is 65.9 Å². The number of hydrogen-bond acceptors (Lipinski definition) is 6. The molecule has 1 aliphatic heterocycles. The van der Waals surface area contributed by atoms with Crippen LogP contribution in [-0.2, 0) is 14.8 Å². The first kappa shape index (κ1) is 19.3. The number of rotatable bonds is 6. The van der Waals surface area contributed by atoms with E-state index >= 15 is 0 Å². The molecule has 4 rings (SSSR count). The number of sulfonamides is 1. The van der Waals surface area contributed by atoms with Crippen molar-refractivity contribution in [1.82, 2.24) is 4.98 Å². The van der Waals surface area contributed by atoms with Crippen LogP contribution in [0.3, 0.4) is 0 Å². The number of nitrogens with one attached hydrogen (secondary N) is 1. The van der Waals surface area contributed by atoms with E-state index in [1.54, 1.807) is 22.4 Å². The summed E-state index contributed by atoms with van der Waals surface area (Å²) >= 11 is 1.18.